The van der Waals surface area contributed by atoms with Gasteiger partial charge in [-0.1, -0.05) is 75.5 Å². The first-order chi connectivity index (χ1) is 14.7. The molecule has 5 heteroatoms. The molecule has 33 heavy (non-hydrogen) atoms. The number of hydrogen-bond donors (Lipinski definition) is 0. The molecular formula is C28H54FN3O. The molecule has 0 atom stereocenters. The van der Waals surface area contributed by atoms with Crippen molar-refractivity contribution in [3.8, 4) is 0 Å². The molecule has 4 nitrogen and oxygen atoms in total. The lowest BCUT2D eigenvalue weighted by Gasteiger charge is -2.39. The maximum atomic E-state index is 12.5. The Hall–Kier alpha value is -1.52. The van der Waals surface area contributed by atoms with E-state index in [0.29, 0.717) is 24.9 Å². The third-order valence-electron chi connectivity index (χ3n) is 5.24. The predicted molar refractivity (Wildman–Crippen MR) is 142 cm³/mol. The maximum absolute atomic E-state index is 12.5. The van der Waals surface area contributed by atoms with Crippen molar-refractivity contribution in [2.75, 3.05) is 40.3 Å². The lowest BCUT2D eigenvalue weighted by Crippen LogP contribution is -2.47. The van der Waals surface area contributed by atoms with E-state index >= 15 is 0 Å². The standard InChI is InChI=1S/C10H18FN.C10H19N.C8H17NO/c1-8(5-10(2,3)4)12-6-9(11)7-12;1-9(8-10(2,3)4)11-6-5-7-11;1-8(2,3)6-7(10)9(4)5/h9H,1,5-7H2,2-4H3;1,5-8H2,2-4H3;6H2,1-5H3. The van der Waals surface area contributed by atoms with Crippen molar-refractivity contribution >= 4 is 5.91 Å². The van der Waals surface area contributed by atoms with Crippen molar-refractivity contribution < 1.29 is 9.18 Å². The lowest BCUT2D eigenvalue weighted by molar-refractivity contribution is -0.130. The fourth-order valence-electron chi connectivity index (χ4n) is 3.38. The molecule has 2 fully saturated rings. The molecule has 2 heterocycles. The predicted octanol–water partition coefficient (Wildman–Crippen LogP) is 6.74. The van der Waals surface area contributed by atoms with Gasteiger partial charge in [-0.15, -0.1) is 0 Å². The van der Waals surface area contributed by atoms with E-state index in [9.17, 15) is 9.18 Å². The molecule has 0 aliphatic carbocycles. The number of halogens is 1. The van der Waals surface area contributed by atoms with Crippen molar-refractivity contribution in [2.45, 2.75) is 94.2 Å². The topological polar surface area (TPSA) is 26.8 Å². The summed E-state index contributed by atoms with van der Waals surface area (Å²) >= 11 is 0. The number of carbonyl (C=O) groups is 1. The first-order valence-electron chi connectivity index (χ1n) is 12.4. The minimum Gasteiger partial charge on any atom is -0.375 e. The molecule has 2 aliphatic heterocycles. The molecule has 0 aromatic heterocycles. The number of nitrogens with zero attached hydrogens (tertiary/aromatic N) is 3. The van der Waals surface area contributed by atoms with Crippen LogP contribution in [0.15, 0.2) is 24.6 Å². The third-order valence-corrected chi connectivity index (χ3v) is 5.24. The monoisotopic (exact) mass is 467 g/mol. The number of rotatable bonds is 5. The number of allylic oxidation sites excluding steroid dienone is 2. The lowest BCUT2D eigenvalue weighted by atomic mass is 9.90. The van der Waals surface area contributed by atoms with E-state index in [1.807, 2.05) is 4.90 Å². The van der Waals surface area contributed by atoms with Crippen LogP contribution < -0.4 is 0 Å². The van der Waals surface area contributed by atoms with E-state index in [1.54, 1.807) is 19.0 Å². The molecule has 0 saturated carbocycles. The molecule has 1 amide bonds. The van der Waals surface area contributed by atoms with Gasteiger partial charge in [0.2, 0.25) is 5.91 Å². The van der Waals surface area contributed by atoms with Gasteiger partial charge in [0.25, 0.3) is 0 Å². The zero-order valence-electron chi connectivity index (χ0n) is 23.8. The van der Waals surface area contributed by atoms with Crippen molar-refractivity contribution in [3.05, 3.63) is 24.6 Å². The van der Waals surface area contributed by atoms with Crippen LogP contribution in [0.2, 0.25) is 0 Å². The summed E-state index contributed by atoms with van der Waals surface area (Å²) in [5.74, 6) is 0.201. The number of carbonyl (C=O) groups excluding carboxylic acids is 1. The number of amides is 1. The van der Waals surface area contributed by atoms with Crippen LogP contribution >= 0.6 is 0 Å². The smallest absolute Gasteiger partial charge is 0.222 e. The fourth-order valence-corrected chi connectivity index (χ4v) is 3.38. The van der Waals surface area contributed by atoms with Crippen LogP contribution in [0.4, 0.5) is 4.39 Å². The van der Waals surface area contributed by atoms with Crippen molar-refractivity contribution in [1.82, 2.24) is 14.7 Å². The fraction of sp³-hybridized carbons (Fsp3) is 0.821. The second-order valence-corrected chi connectivity index (χ2v) is 13.5. The molecule has 2 rings (SSSR count). The second kappa shape index (κ2) is 12.8. The summed E-state index contributed by atoms with van der Waals surface area (Å²) in [6, 6.07) is 0. The maximum Gasteiger partial charge on any atom is 0.222 e. The van der Waals surface area contributed by atoms with Crippen molar-refractivity contribution in [1.29, 1.82) is 0 Å². The molecule has 0 N–H and O–H groups in total. The number of hydrogen-bond acceptors (Lipinski definition) is 3. The van der Waals surface area contributed by atoms with Gasteiger partial charge in [0.15, 0.2) is 0 Å². The summed E-state index contributed by atoms with van der Waals surface area (Å²) in [7, 11) is 3.57. The van der Waals surface area contributed by atoms with Crippen molar-refractivity contribution in [2.24, 2.45) is 16.2 Å². The Morgan fingerprint density at radius 1 is 0.788 bits per heavy atom. The molecule has 2 aliphatic rings. The Morgan fingerprint density at radius 2 is 1.15 bits per heavy atom. The third kappa shape index (κ3) is 15.9. The van der Waals surface area contributed by atoms with E-state index in [1.165, 1.54) is 25.2 Å². The highest BCUT2D eigenvalue weighted by Crippen LogP contribution is 2.28. The molecule has 0 aromatic rings. The van der Waals surface area contributed by atoms with Gasteiger partial charge in [-0.25, -0.2) is 4.39 Å². The zero-order chi connectivity index (χ0) is 26.2. The average Bonchev–Trinajstić information content (AvgIpc) is 2.45. The van der Waals surface area contributed by atoms with Gasteiger partial charge < -0.3 is 14.7 Å². The second-order valence-electron chi connectivity index (χ2n) is 13.5. The quantitative estimate of drug-likeness (QED) is 0.448. The molecule has 0 radical (unpaired) electrons. The molecule has 0 aromatic carbocycles. The minimum atomic E-state index is -0.623. The van der Waals surface area contributed by atoms with Gasteiger partial charge in [-0.2, -0.15) is 0 Å². The highest BCUT2D eigenvalue weighted by molar-refractivity contribution is 5.76. The van der Waals surface area contributed by atoms with E-state index < -0.39 is 6.17 Å². The van der Waals surface area contributed by atoms with Gasteiger partial charge in [0, 0.05) is 45.0 Å². The van der Waals surface area contributed by atoms with E-state index in [-0.39, 0.29) is 16.7 Å². The van der Waals surface area contributed by atoms with Gasteiger partial charge in [0.1, 0.15) is 6.17 Å². The normalized spacial score (nSPS) is 16.4. The van der Waals surface area contributed by atoms with Gasteiger partial charge in [0.05, 0.1) is 13.1 Å². The summed E-state index contributed by atoms with van der Waals surface area (Å²) in [4.78, 5) is 17.1. The molecule has 0 bridgehead atoms. The van der Waals surface area contributed by atoms with Gasteiger partial charge in [-0.05, 0) is 35.5 Å². The summed E-state index contributed by atoms with van der Waals surface area (Å²) in [6.07, 6.45) is 3.44. The first kappa shape index (κ1) is 31.5. The largest absolute Gasteiger partial charge is 0.375 e. The molecule has 0 spiro atoms. The SMILES string of the molecule is C=C(CC(C)(C)C)N1CC(F)C1.C=C(CC(C)(C)C)N1CCC1.CN(C)C(=O)CC(C)(C)C. The summed E-state index contributed by atoms with van der Waals surface area (Å²) in [6.45, 7) is 31.1. The molecule has 0 unspecified atom stereocenters. The van der Waals surface area contributed by atoms with Gasteiger partial charge >= 0.3 is 0 Å². The van der Waals surface area contributed by atoms with E-state index in [4.69, 9.17) is 0 Å². The highest BCUT2D eigenvalue weighted by Gasteiger charge is 2.28. The Balaban J connectivity index is 0.000000468. The van der Waals surface area contributed by atoms with Crippen molar-refractivity contribution in [3.63, 3.8) is 0 Å². The first-order valence-corrected chi connectivity index (χ1v) is 12.4. The average molecular weight is 468 g/mol. The van der Waals surface area contributed by atoms with Crippen LogP contribution in [0.1, 0.15) is 88.0 Å². The summed E-state index contributed by atoms with van der Waals surface area (Å²) in [5, 5.41) is 0. The summed E-state index contributed by atoms with van der Waals surface area (Å²) < 4.78 is 12.5. The molecule has 2 saturated heterocycles. The number of likely N-dealkylation sites (tertiary alicyclic amines) is 2. The van der Waals surface area contributed by atoms with Crippen LogP contribution in [0, 0.1) is 16.2 Å². The van der Waals surface area contributed by atoms with E-state index in [0.717, 1.165) is 18.5 Å². The van der Waals surface area contributed by atoms with Crippen LogP contribution in [0.5, 0.6) is 0 Å². The highest BCUT2D eigenvalue weighted by atomic mass is 19.1. The van der Waals surface area contributed by atoms with Crippen LogP contribution in [0.25, 0.3) is 0 Å². The van der Waals surface area contributed by atoms with E-state index in [2.05, 4.69) is 80.4 Å². The Morgan fingerprint density at radius 3 is 1.36 bits per heavy atom. The minimum absolute atomic E-state index is 0.112. The Kier molecular flexibility index (Phi) is 12.2. The van der Waals surface area contributed by atoms with Crippen LogP contribution in [-0.2, 0) is 4.79 Å². The van der Waals surface area contributed by atoms with Gasteiger partial charge in [-0.3, -0.25) is 4.79 Å². The Labute approximate surface area is 205 Å². The van der Waals surface area contributed by atoms with Crippen LogP contribution in [0.3, 0.4) is 0 Å². The summed E-state index contributed by atoms with van der Waals surface area (Å²) in [5.41, 5.74) is 3.17. The zero-order valence-corrected chi connectivity index (χ0v) is 23.8. The molecular weight excluding hydrogens is 413 g/mol. The Bertz CT molecular complexity index is 625. The molecule has 194 valence electrons. The number of alkyl halides is 1. The van der Waals surface area contributed by atoms with Crippen LogP contribution in [-0.4, -0.2) is 67.1 Å².